The van der Waals surface area contributed by atoms with Crippen LogP contribution in [-0.2, 0) is 15.7 Å². The molecule has 0 aromatic heterocycles. The highest BCUT2D eigenvalue weighted by molar-refractivity contribution is 7.91. The third-order valence-corrected chi connectivity index (χ3v) is 5.62. The molecule has 1 aromatic rings. The summed E-state index contributed by atoms with van der Waals surface area (Å²) in [5, 5.41) is 0.628. The smallest absolute Gasteiger partial charge is 0.154 e. The molecule has 100 valence electrons. The molecule has 0 spiro atoms. The third kappa shape index (κ3) is 2.76. The first kappa shape index (κ1) is 14.0. The monoisotopic (exact) mass is 307 g/mol. The summed E-state index contributed by atoms with van der Waals surface area (Å²) in [4.78, 5) is 2.07. The van der Waals surface area contributed by atoms with E-state index < -0.39 is 9.84 Å². The predicted octanol–water partition coefficient (Wildman–Crippen LogP) is 2.70. The van der Waals surface area contributed by atoms with Gasteiger partial charge in [-0.2, -0.15) is 0 Å². The fourth-order valence-corrected chi connectivity index (χ4v) is 4.45. The zero-order valence-electron chi connectivity index (χ0n) is 10.1. The van der Waals surface area contributed by atoms with Crippen LogP contribution in [0, 0.1) is 0 Å². The van der Waals surface area contributed by atoms with Crippen LogP contribution in [0.5, 0.6) is 0 Å². The highest BCUT2D eigenvalue weighted by Crippen LogP contribution is 2.31. The van der Waals surface area contributed by atoms with Gasteiger partial charge in [-0.1, -0.05) is 17.7 Å². The number of anilines is 1. The topological polar surface area (TPSA) is 37.4 Å². The molecule has 1 aliphatic heterocycles. The van der Waals surface area contributed by atoms with Gasteiger partial charge >= 0.3 is 0 Å². The maximum atomic E-state index is 11.6. The molecular formula is C12H15Cl2NO2S. The number of hydrogen-bond acceptors (Lipinski definition) is 3. The summed E-state index contributed by atoms with van der Waals surface area (Å²) < 4.78 is 23.2. The molecule has 1 heterocycles. The Morgan fingerprint density at radius 2 is 2.17 bits per heavy atom. The number of rotatable bonds is 2. The first-order valence-corrected chi connectivity index (χ1v) is 8.48. The van der Waals surface area contributed by atoms with Crippen molar-refractivity contribution in [1.82, 2.24) is 0 Å². The molecule has 1 aliphatic rings. The Labute approximate surface area is 118 Å². The lowest BCUT2D eigenvalue weighted by atomic mass is 10.1. The molecule has 18 heavy (non-hydrogen) atoms. The Morgan fingerprint density at radius 1 is 1.44 bits per heavy atom. The van der Waals surface area contributed by atoms with Crippen molar-refractivity contribution in [3.63, 3.8) is 0 Å². The van der Waals surface area contributed by atoms with E-state index in [1.807, 2.05) is 19.1 Å². The van der Waals surface area contributed by atoms with Crippen LogP contribution in [0.3, 0.4) is 0 Å². The van der Waals surface area contributed by atoms with Crippen LogP contribution < -0.4 is 4.90 Å². The quantitative estimate of drug-likeness (QED) is 0.788. The molecule has 3 nitrogen and oxygen atoms in total. The Bertz CT molecular complexity index is 545. The van der Waals surface area contributed by atoms with Gasteiger partial charge in [0.1, 0.15) is 0 Å². The van der Waals surface area contributed by atoms with Gasteiger partial charge in [-0.15, -0.1) is 11.6 Å². The maximum absolute atomic E-state index is 11.6. The first-order chi connectivity index (χ1) is 8.44. The second-order valence-electron chi connectivity index (χ2n) is 4.53. The van der Waals surface area contributed by atoms with Gasteiger partial charge in [0.05, 0.1) is 17.4 Å². The average Bonchev–Trinajstić information content (AvgIpc) is 2.27. The van der Waals surface area contributed by atoms with E-state index in [9.17, 15) is 8.42 Å². The molecule has 1 atom stereocenters. The molecule has 1 saturated heterocycles. The minimum atomic E-state index is -2.91. The third-order valence-electron chi connectivity index (χ3n) is 3.21. The first-order valence-electron chi connectivity index (χ1n) is 5.75. The van der Waals surface area contributed by atoms with Crippen LogP contribution in [0.1, 0.15) is 12.5 Å². The molecule has 0 N–H and O–H groups in total. The molecule has 0 amide bonds. The van der Waals surface area contributed by atoms with E-state index in [4.69, 9.17) is 23.2 Å². The summed E-state index contributed by atoms with van der Waals surface area (Å²) in [7, 11) is -2.91. The summed E-state index contributed by atoms with van der Waals surface area (Å²) in [5.41, 5.74) is 1.81. The minimum absolute atomic E-state index is 0.0517. The lowest BCUT2D eigenvalue weighted by molar-refractivity contribution is 0.568. The van der Waals surface area contributed by atoms with Crippen molar-refractivity contribution in [3.05, 3.63) is 28.8 Å². The number of halogens is 2. The molecule has 2 rings (SSSR count). The zero-order valence-corrected chi connectivity index (χ0v) is 12.4. The van der Waals surface area contributed by atoms with Crippen LogP contribution >= 0.6 is 23.2 Å². The van der Waals surface area contributed by atoms with Gasteiger partial charge in [-0.25, -0.2) is 8.42 Å². The van der Waals surface area contributed by atoms with Gasteiger partial charge in [0.2, 0.25) is 0 Å². The highest BCUT2D eigenvalue weighted by atomic mass is 35.5. The normalized spacial score (nSPS) is 23.1. The second kappa shape index (κ2) is 5.27. The van der Waals surface area contributed by atoms with E-state index in [0.717, 1.165) is 11.3 Å². The summed E-state index contributed by atoms with van der Waals surface area (Å²) in [6.07, 6.45) is 0. The standard InChI is InChI=1S/C12H15Cl2NO2S/c1-9-8-18(16,17)6-5-15(9)12-4-2-3-11(14)10(12)7-13/h2-4,9H,5-8H2,1H3. The van der Waals surface area contributed by atoms with E-state index in [-0.39, 0.29) is 17.5 Å². The molecule has 0 bridgehead atoms. The van der Waals surface area contributed by atoms with Crippen molar-refractivity contribution in [1.29, 1.82) is 0 Å². The van der Waals surface area contributed by atoms with Crippen molar-refractivity contribution in [2.45, 2.75) is 18.8 Å². The summed E-state index contributed by atoms with van der Waals surface area (Å²) in [5.74, 6) is 0.692. The molecule has 1 unspecified atom stereocenters. The van der Waals surface area contributed by atoms with Crippen molar-refractivity contribution in [3.8, 4) is 0 Å². The van der Waals surface area contributed by atoms with Crippen LogP contribution in [0.2, 0.25) is 5.02 Å². The maximum Gasteiger partial charge on any atom is 0.154 e. The van der Waals surface area contributed by atoms with Crippen LogP contribution in [0.25, 0.3) is 0 Å². The van der Waals surface area contributed by atoms with Crippen molar-refractivity contribution < 1.29 is 8.42 Å². The fraction of sp³-hybridized carbons (Fsp3) is 0.500. The summed E-state index contributed by atoms with van der Waals surface area (Å²) in [6.45, 7) is 2.41. The molecule has 1 fully saturated rings. The van der Waals surface area contributed by atoms with Gasteiger partial charge in [-0.05, 0) is 19.1 Å². The van der Waals surface area contributed by atoms with Gasteiger partial charge in [-0.3, -0.25) is 0 Å². The van der Waals surface area contributed by atoms with Gasteiger partial charge in [0.25, 0.3) is 0 Å². The molecule has 6 heteroatoms. The van der Waals surface area contributed by atoms with Crippen LogP contribution in [0.4, 0.5) is 5.69 Å². The van der Waals surface area contributed by atoms with Crippen LogP contribution in [0.15, 0.2) is 18.2 Å². The molecule has 0 aliphatic carbocycles. The Kier molecular flexibility index (Phi) is 4.09. The van der Waals surface area contributed by atoms with Crippen molar-refractivity contribution in [2.75, 3.05) is 23.0 Å². The summed E-state index contributed by atoms with van der Waals surface area (Å²) in [6, 6.07) is 5.56. The van der Waals surface area contributed by atoms with E-state index in [0.29, 0.717) is 17.4 Å². The fourth-order valence-electron chi connectivity index (χ4n) is 2.31. The zero-order chi connectivity index (χ0) is 13.3. The van der Waals surface area contributed by atoms with Crippen LogP contribution in [-0.4, -0.2) is 32.5 Å². The Morgan fingerprint density at radius 3 is 2.78 bits per heavy atom. The van der Waals surface area contributed by atoms with Gasteiger partial charge in [0, 0.05) is 28.9 Å². The highest BCUT2D eigenvalue weighted by Gasteiger charge is 2.29. The number of alkyl halides is 1. The average molecular weight is 308 g/mol. The molecule has 0 radical (unpaired) electrons. The van der Waals surface area contributed by atoms with E-state index in [2.05, 4.69) is 4.90 Å². The largest absolute Gasteiger partial charge is 0.366 e. The predicted molar refractivity (Wildman–Crippen MR) is 76.5 cm³/mol. The Balaban J connectivity index is 2.36. The Hall–Kier alpha value is -0.450. The number of nitrogens with zero attached hydrogens (tertiary/aromatic N) is 1. The van der Waals surface area contributed by atoms with E-state index >= 15 is 0 Å². The van der Waals surface area contributed by atoms with Crippen molar-refractivity contribution >= 4 is 38.7 Å². The molecular weight excluding hydrogens is 293 g/mol. The number of sulfone groups is 1. The molecule has 1 aromatic carbocycles. The van der Waals surface area contributed by atoms with Gasteiger partial charge < -0.3 is 4.90 Å². The lowest BCUT2D eigenvalue weighted by Crippen LogP contribution is -2.47. The van der Waals surface area contributed by atoms with E-state index in [1.54, 1.807) is 6.07 Å². The SMILES string of the molecule is CC1CS(=O)(=O)CCN1c1cccc(Cl)c1CCl. The number of benzene rings is 1. The number of hydrogen-bond donors (Lipinski definition) is 0. The van der Waals surface area contributed by atoms with E-state index in [1.165, 1.54) is 0 Å². The second-order valence-corrected chi connectivity index (χ2v) is 7.43. The summed E-state index contributed by atoms with van der Waals surface area (Å²) >= 11 is 12.1. The van der Waals surface area contributed by atoms with Crippen molar-refractivity contribution in [2.24, 2.45) is 0 Å². The molecule has 0 saturated carbocycles. The van der Waals surface area contributed by atoms with Gasteiger partial charge in [0.15, 0.2) is 9.84 Å². The lowest BCUT2D eigenvalue weighted by Gasteiger charge is -2.36. The minimum Gasteiger partial charge on any atom is -0.366 e.